The van der Waals surface area contributed by atoms with Crippen molar-refractivity contribution in [1.82, 2.24) is 14.8 Å². The van der Waals surface area contributed by atoms with Crippen LogP contribution in [0.4, 0.5) is 10.3 Å². The first-order chi connectivity index (χ1) is 8.65. The van der Waals surface area contributed by atoms with Crippen molar-refractivity contribution in [1.29, 1.82) is 0 Å². The number of aromatic nitrogens is 3. The highest BCUT2D eigenvalue weighted by molar-refractivity contribution is 5.25. The van der Waals surface area contributed by atoms with Crippen LogP contribution in [0.5, 0.6) is 0 Å². The normalized spacial score (nSPS) is 22.8. The third-order valence-electron chi connectivity index (χ3n) is 3.63. The molecule has 0 fully saturated rings. The molecule has 4 nitrogen and oxygen atoms in total. The van der Waals surface area contributed by atoms with Crippen LogP contribution in [0.15, 0.2) is 24.3 Å². The number of rotatable bonds is 1. The van der Waals surface area contributed by atoms with Gasteiger partial charge in [-0.25, -0.2) is 9.07 Å². The molecule has 1 aliphatic heterocycles. The number of benzene rings is 1. The van der Waals surface area contributed by atoms with E-state index in [0.717, 1.165) is 17.8 Å². The average Bonchev–Trinajstić information content (AvgIpc) is 2.68. The van der Waals surface area contributed by atoms with Crippen LogP contribution in [-0.2, 0) is 13.0 Å². The Morgan fingerprint density at radius 3 is 2.94 bits per heavy atom. The van der Waals surface area contributed by atoms with Gasteiger partial charge >= 0.3 is 0 Å². The van der Waals surface area contributed by atoms with E-state index in [2.05, 4.69) is 17.0 Å². The zero-order chi connectivity index (χ0) is 12.7. The highest BCUT2D eigenvalue weighted by atomic mass is 19.1. The highest BCUT2D eigenvalue weighted by Gasteiger charge is 2.30. The summed E-state index contributed by atoms with van der Waals surface area (Å²) < 4.78 is 15.7. The third kappa shape index (κ3) is 1.75. The molecule has 3 rings (SSSR count). The number of nitrogens with zero attached hydrogens (tertiary/aromatic N) is 3. The van der Waals surface area contributed by atoms with Crippen molar-refractivity contribution in [3.05, 3.63) is 41.5 Å². The number of fused-ring (bicyclic) bond motifs is 1. The van der Waals surface area contributed by atoms with Crippen LogP contribution in [0.1, 0.15) is 24.2 Å². The summed E-state index contributed by atoms with van der Waals surface area (Å²) in [6.45, 7) is 2.76. The summed E-state index contributed by atoms with van der Waals surface area (Å²) in [6, 6.07) is 6.94. The van der Waals surface area contributed by atoms with Gasteiger partial charge in [0.15, 0.2) is 0 Å². The molecular formula is C13H15FN4. The molecule has 1 aromatic heterocycles. The number of hydrogen-bond donors (Lipinski definition) is 1. The first-order valence-corrected chi connectivity index (χ1v) is 6.09. The van der Waals surface area contributed by atoms with Crippen molar-refractivity contribution in [3.8, 4) is 0 Å². The topological polar surface area (TPSA) is 56.7 Å². The lowest BCUT2D eigenvalue weighted by atomic mass is 9.82. The van der Waals surface area contributed by atoms with Crippen molar-refractivity contribution in [2.45, 2.75) is 25.8 Å². The second-order valence-electron chi connectivity index (χ2n) is 4.88. The zero-order valence-corrected chi connectivity index (χ0v) is 10.2. The predicted molar refractivity (Wildman–Crippen MR) is 66.4 cm³/mol. The average molecular weight is 246 g/mol. The first kappa shape index (κ1) is 11.2. The van der Waals surface area contributed by atoms with Gasteiger partial charge in [0.05, 0.1) is 6.54 Å². The van der Waals surface area contributed by atoms with Gasteiger partial charge in [0.25, 0.3) is 0 Å². The molecule has 0 saturated carbocycles. The summed E-state index contributed by atoms with van der Waals surface area (Å²) in [4.78, 5) is 4.19. The Kier molecular flexibility index (Phi) is 2.54. The lowest BCUT2D eigenvalue weighted by Gasteiger charge is -2.29. The molecule has 2 aromatic rings. The van der Waals surface area contributed by atoms with Gasteiger partial charge in [-0.05, 0) is 17.5 Å². The quantitative estimate of drug-likeness (QED) is 0.837. The molecule has 5 heteroatoms. The van der Waals surface area contributed by atoms with E-state index in [0.29, 0.717) is 18.4 Å². The Hall–Kier alpha value is -1.91. The van der Waals surface area contributed by atoms with Crippen molar-refractivity contribution in [3.63, 3.8) is 0 Å². The molecule has 1 aromatic carbocycles. The maximum atomic E-state index is 13.9. The molecule has 0 aliphatic carbocycles. The molecule has 0 bridgehead atoms. The molecule has 0 amide bonds. The predicted octanol–water partition coefficient (Wildman–Crippen LogP) is 1.98. The fourth-order valence-corrected chi connectivity index (χ4v) is 2.67. The highest BCUT2D eigenvalue weighted by Crippen LogP contribution is 2.34. The molecule has 2 atom stereocenters. The van der Waals surface area contributed by atoms with Crippen LogP contribution in [0.25, 0.3) is 0 Å². The molecule has 18 heavy (non-hydrogen) atoms. The number of halogens is 1. The summed E-state index contributed by atoms with van der Waals surface area (Å²) in [5.41, 5.74) is 6.36. The van der Waals surface area contributed by atoms with Crippen molar-refractivity contribution < 1.29 is 4.39 Å². The third-order valence-corrected chi connectivity index (χ3v) is 3.63. The monoisotopic (exact) mass is 246 g/mol. The van der Waals surface area contributed by atoms with Gasteiger partial charge in [-0.1, -0.05) is 25.1 Å². The largest absolute Gasteiger partial charge is 0.366 e. The molecule has 2 unspecified atom stereocenters. The Bertz CT molecular complexity index is 578. The summed E-state index contributed by atoms with van der Waals surface area (Å²) in [5.74, 6) is 1.50. The van der Waals surface area contributed by atoms with Crippen LogP contribution in [0, 0.1) is 11.7 Å². The van der Waals surface area contributed by atoms with E-state index in [9.17, 15) is 4.39 Å². The summed E-state index contributed by atoms with van der Waals surface area (Å²) in [7, 11) is 0. The number of nitrogens with two attached hydrogens (primary N) is 1. The van der Waals surface area contributed by atoms with E-state index in [1.807, 2.05) is 12.1 Å². The minimum absolute atomic E-state index is 0.125. The Morgan fingerprint density at radius 1 is 1.39 bits per heavy atom. The Morgan fingerprint density at radius 2 is 2.17 bits per heavy atom. The molecule has 2 heterocycles. The molecular weight excluding hydrogens is 231 g/mol. The summed E-state index contributed by atoms with van der Waals surface area (Å²) >= 11 is 0. The lowest BCUT2D eigenvalue weighted by molar-refractivity contribution is 0.323. The van der Waals surface area contributed by atoms with Crippen LogP contribution in [0.3, 0.4) is 0 Å². The van der Waals surface area contributed by atoms with Crippen LogP contribution in [0.2, 0.25) is 0 Å². The smallest absolute Gasteiger partial charge is 0.239 e. The Labute approximate surface area is 105 Å². The molecule has 2 N–H and O–H groups in total. The van der Waals surface area contributed by atoms with Crippen molar-refractivity contribution >= 4 is 5.95 Å². The van der Waals surface area contributed by atoms with Crippen LogP contribution >= 0.6 is 0 Å². The van der Waals surface area contributed by atoms with E-state index in [1.54, 1.807) is 10.7 Å². The molecule has 0 saturated heterocycles. The fourth-order valence-electron chi connectivity index (χ4n) is 2.67. The van der Waals surface area contributed by atoms with Crippen molar-refractivity contribution in [2.24, 2.45) is 5.92 Å². The number of hydrogen-bond acceptors (Lipinski definition) is 3. The van der Waals surface area contributed by atoms with Crippen molar-refractivity contribution in [2.75, 3.05) is 5.73 Å². The van der Waals surface area contributed by atoms with E-state index in [4.69, 9.17) is 5.73 Å². The second-order valence-corrected chi connectivity index (χ2v) is 4.88. The minimum atomic E-state index is -0.147. The molecule has 94 valence electrons. The Balaban J connectivity index is 1.98. The number of nitrogen functional groups attached to an aromatic ring is 1. The van der Waals surface area contributed by atoms with Gasteiger partial charge < -0.3 is 5.73 Å². The molecule has 0 spiro atoms. The van der Waals surface area contributed by atoms with E-state index >= 15 is 0 Å². The first-order valence-electron chi connectivity index (χ1n) is 6.09. The van der Waals surface area contributed by atoms with Gasteiger partial charge in [-0.2, -0.15) is 4.98 Å². The standard InChI is InChI=1S/C13H15FN4/c1-8-6-12-16-13(15)17-18(12)7-10(8)9-4-2-3-5-11(9)14/h2-5,8,10H,6-7H2,1H3,(H2,15,17). The molecule has 0 radical (unpaired) electrons. The maximum absolute atomic E-state index is 13.9. The second kappa shape index (κ2) is 4.08. The van der Waals surface area contributed by atoms with Crippen LogP contribution < -0.4 is 5.73 Å². The van der Waals surface area contributed by atoms with Gasteiger partial charge in [-0.15, -0.1) is 5.10 Å². The summed E-state index contributed by atoms with van der Waals surface area (Å²) in [5, 5.41) is 4.15. The SMILES string of the molecule is CC1Cc2nc(N)nn2CC1c1ccccc1F. The molecule has 1 aliphatic rings. The van der Waals surface area contributed by atoms with Crippen LogP contribution in [-0.4, -0.2) is 14.8 Å². The maximum Gasteiger partial charge on any atom is 0.239 e. The summed E-state index contributed by atoms with van der Waals surface area (Å²) in [6.07, 6.45) is 0.781. The van der Waals surface area contributed by atoms with E-state index in [-0.39, 0.29) is 11.7 Å². The number of anilines is 1. The van der Waals surface area contributed by atoms with E-state index < -0.39 is 0 Å². The fraction of sp³-hybridized carbons (Fsp3) is 0.385. The minimum Gasteiger partial charge on any atom is -0.366 e. The van der Waals surface area contributed by atoms with Gasteiger partial charge in [0.1, 0.15) is 11.6 Å². The van der Waals surface area contributed by atoms with Gasteiger partial charge in [-0.3, -0.25) is 0 Å². The zero-order valence-electron chi connectivity index (χ0n) is 10.2. The van der Waals surface area contributed by atoms with Gasteiger partial charge in [0.2, 0.25) is 5.95 Å². The van der Waals surface area contributed by atoms with E-state index in [1.165, 1.54) is 6.07 Å². The lowest BCUT2D eigenvalue weighted by Crippen LogP contribution is -2.27. The van der Waals surface area contributed by atoms with Gasteiger partial charge in [0, 0.05) is 12.3 Å².